The van der Waals surface area contributed by atoms with Crippen LogP contribution in [0.15, 0.2) is 59.4 Å². The van der Waals surface area contributed by atoms with E-state index in [1.54, 1.807) is 20.3 Å². The van der Waals surface area contributed by atoms with E-state index in [2.05, 4.69) is 10.4 Å². The van der Waals surface area contributed by atoms with Crippen LogP contribution in [0.2, 0.25) is 0 Å². The molecular weight excluding hydrogens is 382 g/mol. The van der Waals surface area contributed by atoms with E-state index in [1.165, 1.54) is 10.7 Å². The number of nitrogens with zero attached hydrogens (tertiary/aromatic N) is 2. The van der Waals surface area contributed by atoms with E-state index in [0.717, 1.165) is 16.9 Å². The Bertz CT molecular complexity index is 1090. The van der Waals surface area contributed by atoms with Crippen LogP contribution in [0.1, 0.15) is 18.4 Å². The van der Waals surface area contributed by atoms with Crippen molar-refractivity contribution in [3.63, 3.8) is 0 Å². The number of methoxy groups -OCH3 is 2. The van der Waals surface area contributed by atoms with Gasteiger partial charge in [0.15, 0.2) is 0 Å². The van der Waals surface area contributed by atoms with Crippen LogP contribution in [0.25, 0.3) is 11.3 Å². The lowest BCUT2D eigenvalue weighted by Gasteiger charge is -2.11. The lowest BCUT2D eigenvalue weighted by Crippen LogP contribution is -2.23. The molecule has 0 spiro atoms. The summed E-state index contributed by atoms with van der Waals surface area (Å²) in [6.07, 6.45) is 0.739. The monoisotopic (exact) mass is 407 g/mol. The molecule has 3 aromatic rings. The van der Waals surface area contributed by atoms with Crippen molar-refractivity contribution in [1.29, 1.82) is 0 Å². The summed E-state index contributed by atoms with van der Waals surface area (Å²) in [5.74, 6) is 1.18. The minimum absolute atomic E-state index is 0.143. The van der Waals surface area contributed by atoms with Gasteiger partial charge in [0, 0.05) is 24.6 Å². The fourth-order valence-electron chi connectivity index (χ4n) is 3.07. The largest absolute Gasteiger partial charge is 0.497 e. The summed E-state index contributed by atoms with van der Waals surface area (Å²) in [5.41, 5.74) is 2.98. The summed E-state index contributed by atoms with van der Waals surface area (Å²) >= 11 is 0. The van der Waals surface area contributed by atoms with Gasteiger partial charge in [0.25, 0.3) is 5.56 Å². The topological polar surface area (TPSA) is 82.5 Å². The molecule has 0 aliphatic carbocycles. The second-order valence-electron chi connectivity index (χ2n) is 6.87. The third kappa shape index (κ3) is 5.26. The average molecular weight is 407 g/mol. The molecule has 0 saturated heterocycles. The van der Waals surface area contributed by atoms with Crippen molar-refractivity contribution < 1.29 is 14.3 Å². The van der Waals surface area contributed by atoms with Gasteiger partial charge in [0.1, 0.15) is 11.5 Å². The maximum Gasteiger partial charge on any atom is 0.266 e. The number of anilines is 1. The van der Waals surface area contributed by atoms with Crippen molar-refractivity contribution in [3.05, 3.63) is 70.5 Å². The van der Waals surface area contributed by atoms with Crippen LogP contribution >= 0.6 is 0 Å². The van der Waals surface area contributed by atoms with E-state index < -0.39 is 0 Å². The van der Waals surface area contributed by atoms with Gasteiger partial charge >= 0.3 is 0 Å². The lowest BCUT2D eigenvalue weighted by atomic mass is 10.1. The van der Waals surface area contributed by atoms with E-state index >= 15 is 0 Å². The van der Waals surface area contributed by atoms with Gasteiger partial charge in [0.2, 0.25) is 5.91 Å². The summed E-state index contributed by atoms with van der Waals surface area (Å²) in [6.45, 7) is 2.29. The van der Waals surface area contributed by atoms with Crippen molar-refractivity contribution in [2.24, 2.45) is 0 Å². The summed E-state index contributed by atoms with van der Waals surface area (Å²) in [6, 6.07) is 16.3. The Morgan fingerprint density at radius 2 is 1.90 bits per heavy atom. The molecule has 0 fully saturated rings. The van der Waals surface area contributed by atoms with E-state index in [1.807, 2.05) is 49.4 Å². The van der Waals surface area contributed by atoms with Gasteiger partial charge in [0.05, 0.1) is 25.6 Å². The van der Waals surface area contributed by atoms with Crippen LogP contribution < -0.4 is 20.3 Å². The number of aryl methyl sites for hydroxylation is 2. The highest BCUT2D eigenvalue weighted by Gasteiger charge is 2.09. The number of ether oxygens (including phenoxy) is 2. The zero-order chi connectivity index (χ0) is 21.5. The molecule has 1 aromatic heterocycles. The molecule has 1 amide bonds. The normalized spacial score (nSPS) is 10.5. The number of carbonyl (C=O) groups excluding carboxylic acids is 1. The molecule has 7 heteroatoms. The molecule has 7 nitrogen and oxygen atoms in total. The van der Waals surface area contributed by atoms with Crippen LogP contribution in [-0.4, -0.2) is 29.9 Å². The predicted molar refractivity (Wildman–Crippen MR) is 116 cm³/mol. The molecule has 2 aromatic carbocycles. The number of nitrogens with one attached hydrogen (secondary N) is 1. The van der Waals surface area contributed by atoms with Gasteiger partial charge in [-0.15, -0.1) is 0 Å². The Kier molecular flexibility index (Phi) is 6.85. The third-order valence-corrected chi connectivity index (χ3v) is 4.63. The summed E-state index contributed by atoms with van der Waals surface area (Å²) < 4.78 is 11.9. The van der Waals surface area contributed by atoms with Crippen LogP contribution in [0, 0.1) is 6.92 Å². The van der Waals surface area contributed by atoms with E-state index in [0.29, 0.717) is 30.1 Å². The molecule has 1 N–H and O–H groups in total. The van der Waals surface area contributed by atoms with Gasteiger partial charge in [-0.25, -0.2) is 4.68 Å². The third-order valence-electron chi connectivity index (χ3n) is 4.63. The molecule has 0 saturated carbocycles. The molecule has 156 valence electrons. The number of hydrogen-bond acceptors (Lipinski definition) is 5. The fourth-order valence-corrected chi connectivity index (χ4v) is 3.07. The Morgan fingerprint density at radius 3 is 2.67 bits per heavy atom. The molecule has 1 heterocycles. The first kappa shape index (κ1) is 21.1. The molecule has 0 radical (unpaired) electrons. The SMILES string of the molecule is COc1cccc(-c2ccc(=O)n(CCCC(=O)Nc3cc(C)ccc3OC)n2)c1. The van der Waals surface area contributed by atoms with Gasteiger partial charge in [-0.2, -0.15) is 5.10 Å². The van der Waals surface area contributed by atoms with Gasteiger partial charge in [-0.3, -0.25) is 9.59 Å². The highest BCUT2D eigenvalue weighted by molar-refractivity contribution is 5.92. The zero-order valence-electron chi connectivity index (χ0n) is 17.3. The van der Waals surface area contributed by atoms with Crippen molar-refractivity contribution in [1.82, 2.24) is 9.78 Å². The number of benzene rings is 2. The highest BCUT2D eigenvalue weighted by Crippen LogP contribution is 2.25. The molecule has 0 aliphatic heterocycles. The van der Waals surface area contributed by atoms with Gasteiger partial charge < -0.3 is 14.8 Å². The standard InChI is InChI=1S/C23H25N3O4/c1-16-9-11-21(30-3)20(14-16)24-22(27)8-5-13-26-23(28)12-10-19(25-26)17-6-4-7-18(15-17)29-2/h4,6-7,9-12,14-15H,5,8,13H2,1-3H3,(H,24,27). The predicted octanol–water partition coefficient (Wildman–Crippen LogP) is 3.65. The number of rotatable bonds is 8. The molecule has 3 rings (SSSR count). The smallest absolute Gasteiger partial charge is 0.266 e. The number of hydrogen-bond donors (Lipinski definition) is 1. The molecular formula is C23H25N3O4. The maximum absolute atomic E-state index is 12.3. The Hall–Kier alpha value is -3.61. The first-order chi connectivity index (χ1) is 14.5. The first-order valence-electron chi connectivity index (χ1n) is 9.67. The minimum atomic E-state index is -0.206. The maximum atomic E-state index is 12.3. The van der Waals surface area contributed by atoms with Gasteiger partial charge in [-0.1, -0.05) is 18.2 Å². The van der Waals surface area contributed by atoms with Crippen LogP contribution in [0.4, 0.5) is 5.69 Å². The molecule has 0 aliphatic rings. The van der Waals surface area contributed by atoms with E-state index in [-0.39, 0.29) is 17.9 Å². The lowest BCUT2D eigenvalue weighted by molar-refractivity contribution is -0.116. The van der Waals surface area contributed by atoms with Crippen LogP contribution in [-0.2, 0) is 11.3 Å². The van der Waals surface area contributed by atoms with E-state index in [4.69, 9.17) is 9.47 Å². The zero-order valence-corrected chi connectivity index (χ0v) is 17.3. The van der Waals surface area contributed by atoms with Crippen LogP contribution in [0.3, 0.4) is 0 Å². The highest BCUT2D eigenvalue weighted by atomic mass is 16.5. The van der Waals surface area contributed by atoms with E-state index in [9.17, 15) is 9.59 Å². The average Bonchev–Trinajstić information content (AvgIpc) is 2.75. The first-order valence-corrected chi connectivity index (χ1v) is 9.67. The molecule has 30 heavy (non-hydrogen) atoms. The minimum Gasteiger partial charge on any atom is -0.497 e. The van der Waals surface area contributed by atoms with Gasteiger partial charge in [-0.05, 0) is 49.2 Å². The quantitative estimate of drug-likeness (QED) is 0.616. The van der Waals surface area contributed by atoms with Crippen molar-refractivity contribution in [2.75, 3.05) is 19.5 Å². The van der Waals surface area contributed by atoms with Crippen molar-refractivity contribution >= 4 is 11.6 Å². The molecule has 0 atom stereocenters. The summed E-state index contributed by atoms with van der Waals surface area (Å²) in [7, 11) is 3.17. The van der Waals surface area contributed by atoms with Crippen molar-refractivity contribution in [2.45, 2.75) is 26.3 Å². The summed E-state index contributed by atoms with van der Waals surface area (Å²) in [4.78, 5) is 24.5. The Balaban J connectivity index is 1.64. The number of carbonyl (C=O) groups is 1. The fraction of sp³-hybridized carbons (Fsp3) is 0.261. The van der Waals surface area contributed by atoms with Crippen LogP contribution in [0.5, 0.6) is 11.5 Å². The Morgan fingerprint density at radius 1 is 1.07 bits per heavy atom. The number of amides is 1. The van der Waals surface area contributed by atoms with Crippen molar-refractivity contribution in [3.8, 4) is 22.8 Å². The second kappa shape index (κ2) is 9.73. The summed E-state index contributed by atoms with van der Waals surface area (Å²) in [5, 5.41) is 7.30. The molecule has 0 bridgehead atoms. The second-order valence-corrected chi connectivity index (χ2v) is 6.87. The molecule has 0 unspecified atom stereocenters. The Labute approximate surface area is 175 Å². The number of aromatic nitrogens is 2.